The van der Waals surface area contributed by atoms with Crippen LogP contribution in [-0.4, -0.2) is 48.1 Å². The number of hydrogen-bond acceptors (Lipinski definition) is 2. The molecule has 3 aromatic rings. The minimum Gasteiger partial charge on any atom is -0.155 e. The van der Waals surface area contributed by atoms with Gasteiger partial charge < -0.3 is 0 Å². The first-order chi connectivity index (χ1) is 16.4. The van der Waals surface area contributed by atoms with E-state index in [1.54, 1.807) is 0 Å². The molecule has 0 N–H and O–H groups in total. The van der Waals surface area contributed by atoms with Crippen molar-refractivity contribution >= 4 is 21.5 Å². The second kappa shape index (κ2) is 9.61. The molecule has 0 saturated heterocycles. The van der Waals surface area contributed by atoms with Gasteiger partial charge in [0.1, 0.15) is 0 Å². The molecule has 0 saturated carbocycles. The highest BCUT2D eigenvalue weighted by atomic mass is 19.4. The first-order valence-electron chi connectivity index (χ1n) is 10.2. The van der Waals surface area contributed by atoms with Gasteiger partial charge in [0.15, 0.2) is 0 Å². The largest absolute Gasteiger partial charge is 0.467 e. The van der Waals surface area contributed by atoms with E-state index in [-0.39, 0.29) is 32.7 Å². The highest BCUT2D eigenvalue weighted by Crippen LogP contribution is 2.38. The van der Waals surface area contributed by atoms with Crippen molar-refractivity contribution in [1.29, 1.82) is 0 Å². The van der Waals surface area contributed by atoms with Crippen molar-refractivity contribution in [3.8, 4) is 0 Å². The van der Waals surface area contributed by atoms with E-state index in [0.717, 1.165) is 0 Å². The second-order valence-corrected chi connectivity index (χ2v) is 7.72. The Bertz CT molecular complexity index is 1030. The van der Waals surface area contributed by atoms with Gasteiger partial charge in [-0.05, 0) is 45.5 Å². The average molecular weight is 536 g/mol. The number of fused-ring (bicyclic) bond motifs is 2. The van der Waals surface area contributed by atoms with Gasteiger partial charge in [0.2, 0.25) is 0 Å². The molecule has 0 aliphatic heterocycles. The van der Waals surface area contributed by atoms with E-state index < -0.39 is 60.9 Å². The summed E-state index contributed by atoms with van der Waals surface area (Å²) >= 11 is 0. The zero-order chi connectivity index (χ0) is 27.1. The number of benzene rings is 3. The Hall–Kier alpha value is -2.74. The minimum atomic E-state index is -5.72. The molecular formula is C22H16F12N2. The summed E-state index contributed by atoms with van der Waals surface area (Å²) in [4.78, 5) is -3.19. The molecule has 0 fully saturated rings. The summed E-state index contributed by atoms with van der Waals surface area (Å²) in [6, 6.07) is 11.0. The van der Waals surface area contributed by atoms with Crippen molar-refractivity contribution in [1.82, 2.24) is 9.80 Å². The SMILES string of the molecule is FC(F)(F)N(CCc1c2ccccc2c(CCN(C(F)(F)F)C(F)(F)F)c2ccccc12)C(F)(F)F. The fraction of sp³-hybridized carbons (Fsp3) is 0.364. The van der Waals surface area contributed by atoms with Gasteiger partial charge in [-0.25, -0.2) is 0 Å². The molecule has 3 aromatic carbocycles. The van der Waals surface area contributed by atoms with Crippen LogP contribution in [0, 0.1) is 0 Å². The lowest BCUT2D eigenvalue weighted by molar-refractivity contribution is -0.373. The third-order valence-electron chi connectivity index (χ3n) is 5.55. The van der Waals surface area contributed by atoms with E-state index in [1.165, 1.54) is 48.5 Å². The number of nitrogens with zero attached hydrogens (tertiary/aromatic N) is 2. The maximum atomic E-state index is 13.0. The Morgan fingerprint density at radius 3 is 0.833 bits per heavy atom. The van der Waals surface area contributed by atoms with Crippen LogP contribution >= 0.6 is 0 Å². The lowest BCUT2D eigenvalue weighted by atomic mass is 9.89. The van der Waals surface area contributed by atoms with E-state index in [9.17, 15) is 52.7 Å². The van der Waals surface area contributed by atoms with Gasteiger partial charge >= 0.3 is 25.2 Å². The van der Waals surface area contributed by atoms with Crippen LogP contribution in [0.4, 0.5) is 52.7 Å². The van der Waals surface area contributed by atoms with Crippen LogP contribution in [0.5, 0.6) is 0 Å². The van der Waals surface area contributed by atoms with Crippen molar-refractivity contribution in [2.24, 2.45) is 0 Å². The van der Waals surface area contributed by atoms with Crippen LogP contribution in [0.2, 0.25) is 0 Å². The minimum absolute atomic E-state index is 0.0481. The van der Waals surface area contributed by atoms with Crippen LogP contribution in [0.3, 0.4) is 0 Å². The smallest absolute Gasteiger partial charge is 0.155 e. The Balaban J connectivity index is 2.12. The van der Waals surface area contributed by atoms with Crippen LogP contribution < -0.4 is 0 Å². The molecule has 2 nitrogen and oxygen atoms in total. The molecule has 0 heterocycles. The first kappa shape index (κ1) is 27.8. The second-order valence-electron chi connectivity index (χ2n) is 7.72. The van der Waals surface area contributed by atoms with Gasteiger partial charge in [0, 0.05) is 13.1 Å². The summed E-state index contributed by atoms with van der Waals surface area (Å²) < 4.78 is 156. The average Bonchev–Trinajstić information content (AvgIpc) is 2.71. The molecule has 0 radical (unpaired) electrons. The molecule has 0 aromatic heterocycles. The van der Waals surface area contributed by atoms with E-state index in [0.29, 0.717) is 0 Å². The molecule has 0 amide bonds. The van der Waals surface area contributed by atoms with E-state index >= 15 is 0 Å². The Morgan fingerprint density at radius 1 is 0.417 bits per heavy atom. The first-order valence-corrected chi connectivity index (χ1v) is 10.2. The Morgan fingerprint density at radius 2 is 0.639 bits per heavy atom. The van der Waals surface area contributed by atoms with Crippen LogP contribution in [0.15, 0.2) is 48.5 Å². The molecule has 0 unspecified atom stereocenters. The molecule has 0 bridgehead atoms. The molecule has 0 spiro atoms. The van der Waals surface area contributed by atoms with Crippen LogP contribution in [0.25, 0.3) is 21.5 Å². The number of hydrogen-bond donors (Lipinski definition) is 0. The van der Waals surface area contributed by atoms with Gasteiger partial charge in [-0.2, -0.15) is 52.7 Å². The number of rotatable bonds is 6. The predicted molar refractivity (Wildman–Crippen MR) is 106 cm³/mol. The molecule has 198 valence electrons. The summed E-state index contributed by atoms with van der Waals surface area (Å²) in [7, 11) is 0. The van der Waals surface area contributed by atoms with Crippen molar-refractivity contribution in [2.45, 2.75) is 38.0 Å². The number of halogens is 12. The van der Waals surface area contributed by atoms with Crippen LogP contribution in [-0.2, 0) is 12.8 Å². The third kappa shape index (κ3) is 5.97. The van der Waals surface area contributed by atoms with Gasteiger partial charge in [-0.1, -0.05) is 48.5 Å². The van der Waals surface area contributed by atoms with Crippen molar-refractivity contribution in [2.75, 3.05) is 13.1 Å². The normalized spacial score (nSPS) is 13.9. The maximum Gasteiger partial charge on any atom is 0.467 e. The zero-order valence-electron chi connectivity index (χ0n) is 17.9. The summed E-state index contributed by atoms with van der Waals surface area (Å²) in [6.07, 6.45) is -24.4. The highest BCUT2D eigenvalue weighted by molar-refractivity contribution is 6.05. The standard InChI is InChI=1S/C22H16F12N2/c23-19(24,25)35(20(26,27)28)11-9-17-13-5-1-2-6-14(13)18(16-8-4-3-7-15(16)17)10-12-36(21(29,30)31)22(32,33)34/h1-8H,9-12H2. The molecule has 14 heteroatoms. The van der Waals surface area contributed by atoms with Gasteiger partial charge in [-0.3, -0.25) is 0 Å². The summed E-state index contributed by atoms with van der Waals surface area (Å²) in [5.41, 5.74) is 0.0962. The fourth-order valence-electron chi connectivity index (χ4n) is 4.09. The van der Waals surface area contributed by atoms with E-state index in [2.05, 4.69) is 0 Å². The van der Waals surface area contributed by atoms with Crippen LogP contribution in [0.1, 0.15) is 11.1 Å². The molecule has 3 rings (SSSR count). The lowest BCUT2D eigenvalue weighted by Crippen LogP contribution is -2.49. The molecule has 36 heavy (non-hydrogen) atoms. The van der Waals surface area contributed by atoms with Crippen molar-refractivity contribution < 1.29 is 52.7 Å². The fourth-order valence-corrected chi connectivity index (χ4v) is 4.09. The molecule has 0 aliphatic carbocycles. The molecule has 0 atom stereocenters. The Kier molecular flexibility index (Phi) is 7.44. The highest BCUT2D eigenvalue weighted by Gasteiger charge is 2.54. The quantitative estimate of drug-likeness (QED) is 0.181. The van der Waals surface area contributed by atoms with Gasteiger partial charge in [-0.15, -0.1) is 9.80 Å². The number of alkyl halides is 12. The monoisotopic (exact) mass is 536 g/mol. The van der Waals surface area contributed by atoms with Gasteiger partial charge in [0.05, 0.1) is 0 Å². The summed E-state index contributed by atoms with van der Waals surface area (Å²) in [6.45, 7) is -3.01. The van der Waals surface area contributed by atoms with Crippen molar-refractivity contribution in [3.05, 3.63) is 59.7 Å². The van der Waals surface area contributed by atoms with E-state index in [1.807, 2.05) is 0 Å². The van der Waals surface area contributed by atoms with E-state index in [4.69, 9.17) is 0 Å². The maximum absolute atomic E-state index is 13.0. The molecule has 0 aliphatic rings. The Labute approximate surface area is 195 Å². The summed E-state index contributed by atoms with van der Waals surface area (Å²) in [5.74, 6) is 0. The third-order valence-corrected chi connectivity index (χ3v) is 5.55. The van der Waals surface area contributed by atoms with Crippen molar-refractivity contribution in [3.63, 3.8) is 0 Å². The zero-order valence-corrected chi connectivity index (χ0v) is 17.9. The topological polar surface area (TPSA) is 6.48 Å². The summed E-state index contributed by atoms with van der Waals surface area (Å²) in [5, 5.41) is 0.504. The molecular weight excluding hydrogens is 520 g/mol. The lowest BCUT2D eigenvalue weighted by Gasteiger charge is -2.28. The van der Waals surface area contributed by atoms with Gasteiger partial charge in [0.25, 0.3) is 0 Å². The predicted octanol–water partition coefficient (Wildman–Crippen LogP) is 7.76.